The Morgan fingerprint density at radius 1 is 1.18 bits per heavy atom. The fourth-order valence-electron chi connectivity index (χ4n) is 3.18. The molecule has 146 valence electrons. The summed E-state index contributed by atoms with van der Waals surface area (Å²) in [5.41, 5.74) is 3.91. The summed E-state index contributed by atoms with van der Waals surface area (Å²) in [6.45, 7) is 10.6. The molecule has 6 heteroatoms. The number of urea groups is 1. The smallest absolute Gasteiger partial charge is 0.326 e. The number of nitrogens with zero attached hydrogens (tertiary/aromatic N) is 1. The van der Waals surface area contributed by atoms with E-state index < -0.39 is 5.54 Å². The first-order valence-electron chi connectivity index (χ1n) is 9.28. The molecule has 0 bridgehead atoms. The molecule has 1 heterocycles. The second kappa shape index (κ2) is 7.76. The largest absolute Gasteiger partial charge is 0.336 e. The van der Waals surface area contributed by atoms with E-state index in [1.807, 2.05) is 69.3 Å². The van der Waals surface area contributed by atoms with Crippen molar-refractivity contribution in [2.24, 2.45) is 0 Å². The molecule has 0 aliphatic heterocycles. The highest BCUT2D eigenvalue weighted by atomic mass is 16.2. The molecular weight excluding hydrogens is 352 g/mol. The number of rotatable bonds is 6. The van der Waals surface area contributed by atoms with E-state index in [2.05, 4.69) is 22.2 Å². The molecule has 0 aliphatic rings. The number of hydrogen-bond acceptors (Lipinski definition) is 2. The number of carbonyl (C=O) groups excluding carboxylic acids is 1. The summed E-state index contributed by atoms with van der Waals surface area (Å²) < 4.78 is 1.62. The zero-order valence-electron chi connectivity index (χ0n) is 16.5. The van der Waals surface area contributed by atoms with Crippen LogP contribution in [-0.4, -0.2) is 22.1 Å². The maximum atomic E-state index is 12.4. The van der Waals surface area contributed by atoms with Crippen LogP contribution >= 0.6 is 0 Å². The van der Waals surface area contributed by atoms with Gasteiger partial charge in [-0.3, -0.25) is 4.57 Å². The summed E-state index contributed by atoms with van der Waals surface area (Å²) in [5.74, 6) is 0. The number of hydrogen-bond donors (Lipinski definition) is 3. The minimum atomic E-state index is -0.548. The molecule has 3 aromatic rings. The molecule has 28 heavy (non-hydrogen) atoms. The van der Waals surface area contributed by atoms with Gasteiger partial charge in [0.25, 0.3) is 0 Å². The summed E-state index contributed by atoms with van der Waals surface area (Å²) in [7, 11) is 0. The van der Waals surface area contributed by atoms with E-state index >= 15 is 0 Å². The highest BCUT2D eigenvalue weighted by Gasteiger charge is 2.23. The molecule has 0 aliphatic carbocycles. The number of carbonyl (C=O) groups is 1. The topological polar surface area (TPSA) is 78.9 Å². The van der Waals surface area contributed by atoms with Crippen molar-refractivity contribution in [1.82, 2.24) is 20.2 Å². The first-order valence-corrected chi connectivity index (χ1v) is 9.28. The van der Waals surface area contributed by atoms with Gasteiger partial charge in [-0.15, -0.1) is 0 Å². The Morgan fingerprint density at radius 3 is 2.68 bits per heavy atom. The third kappa shape index (κ3) is 4.17. The van der Waals surface area contributed by atoms with Crippen LogP contribution in [0, 0.1) is 0 Å². The maximum Gasteiger partial charge on any atom is 0.326 e. The highest BCUT2D eigenvalue weighted by molar-refractivity contribution is 5.76. The molecule has 3 N–H and O–H groups in total. The van der Waals surface area contributed by atoms with E-state index in [1.54, 1.807) is 4.57 Å². The van der Waals surface area contributed by atoms with Gasteiger partial charge in [0.15, 0.2) is 0 Å². The molecule has 0 spiro atoms. The first-order chi connectivity index (χ1) is 13.3. The van der Waals surface area contributed by atoms with Crippen molar-refractivity contribution >= 4 is 22.6 Å². The molecule has 2 aromatic carbocycles. The zero-order chi connectivity index (χ0) is 20.3. The van der Waals surface area contributed by atoms with Gasteiger partial charge in [0, 0.05) is 13.1 Å². The highest BCUT2D eigenvalue weighted by Crippen LogP contribution is 2.23. The van der Waals surface area contributed by atoms with Crippen molar-refractivity contribution in [2.45, 2.75) is 32.9 Å². The minimum Gasteiger partial charge on any atom is -0.336 e. The van der Waals surface area contributed by atoms with Crippen LogP contribution in [0.15, 0.2) is 59.9 Å². The molecule has 0 saturated heterocycles. The number of benzene rings is 2. The molecule has 0 unspecified atom stereocenters. The standard InChI is InChI=1S/C22H26N4O2/c1-15(2)16-8-7-9-17(14-16)22(3,4)25-20(27)23-12-13-26-19-11-6-5-10-18(19)24-21(26)28/h5-11,14H,1,12-13H2,2-4H3,(H,24,28)(H2,23,25,27). The summed E-state index contributed by atoms with van der Waals surface area (Å²) in [6, 6.07) is 15.2. The van der Waals surface area contributed by atoms with E-state index in [1.165, 1.54) is 0 Å². The predicted octanol–water partition coefficient (Wildman–Crippen LogP) is 3.60. The SMILES string of the molecule is C=C(C)c1cccc(C(C)(C)NC(=O)NCCn2c(=O)[nH]c3ccccc32)c1. The average molecular weight is 378 g/mol. The Hall–Kier alpha value is -3.28. The molecule has 2 amide bonds. The second-order valence-electron chi connectivity index (χ2n) is 7.47. The number of aromatic amines is 1. The average Bonchev–Trinajstić information content (AvgIpc) is 2.97. The molecule has 0 fully saturated rings. The van der Waals surface area contributed by atoms with E-state index in [4.69, 9.17) is 0 Å². The lowest BCUT2D eigenvalue weighted by molar-refractivity contribution is 0.229. The Morgan fingerprint density at radius 2 is 1.93 bits per heavy atom. The first kappa shape index (κ1) is 19.5. The van der Waals surface area contributed by atoms with Gasteiger partial charge >= 0.3 is 11.7 Å². The van der Waals surface area contributed by atoms with Gasteiger partial charge in [-0.05, 0) is 50.1 Å². The summed E-state index contributed by atoms with van der Waals surface area (Å²) in [6.07, 6.45) is 0. The Kier molecular flexibility index (Phi) is 5.40. The van der Waals surface area contributed by atoms with Crippen LogP contribution < -0.4 is 16.3 Å². The maximum absolute atomic E-state index is 12.4. The lowest BCUT2D eigenvalue weighted by Gasteiger charge is -2.27. The van der Waals surface area contributed by atoms with Crippen LogP contribution in [0.5, 0.6) is 0 Å². The fourth-order valence-corrected chi connectivity index (χ4v) is 3.18. The van der Waals surface area contributed by atoms with Gasteiger partial charge in [0.05, 0.1) is 16.6 Å². The fraction of sp³-hybridized carbons (Fsp3) is 0.273. The van der Waals surface area contributed by atoms with Crippen LogP contribution in [-0.2, 0) is 12.1 Å². The molecule has 1 aromatic heterocycles. The number of para-hydroxylation sites is 2. The van der Waals surface area contributed by atoms with Crippen LogP contribution in [0.25, 0.3) is 16.6 Å². The van der Waals surface area contributed by atoms with E-state index in [-0.39, 0.29) is 11.7 Å². The number of amides is 2. The van der Waals surface area contributed by atoms with E-state index in [0.29, 0.717) is 13.1 Å². The number of H-pyrrole nitrogens is 1. The minimum absolute atomic E-state index is 0.180. The molecule has 0 atom stereocenters. The monoisotopic (exact) mass is 378 g/mol. The second-order valence-corrected chi connectivity index (χ2v) is 7.47. The number of aromatic nitrogens is 2. The van der Waals surface area contributed by atoms with Crippen molar-refractivity contribution in [3.05, 3.63) is 76.7 Å². The van der Waals surface area contributed by atoms with E-state index in [0.717, 1.165) is 27.7 Å². The summed E-state index contributed by atoms with van der Waals surface area (Å²) in [4.78, 5) is 27.3. The lowest BCUT2D eigenvalue weighted by Crippen LogP contribution is -2.47. The molecule has 6 nitrogen and oxygen atoms in total. The number of fused-ring (bicyclic) bond motifs is 1. The summed E-state index contributed by atoms with van der Waals surface area (Å²) in [5, 5.41) is 5.83. The number of nitrogens with one attached hydrogen (secondary N) is 3. The van der Waals surface area contributed by atoms with E-state index in [9.17, 15) is 9.59 Å². The van der Waals surface area contributed by atoms with Crippen LogP contribution in [0.2, 0.25) is 0 Å². The van der Waals surface area contributed by atoms with Crippen molar-refractivity contribution in [1.29, 1.82) is 0 Å². The van der Waals surface area contributed by atoms with Crippen LogP contribution in [0.1, 0.15) is 31.9 Å². The van der Waals surface area contributed by atoms with Gasteiger partial charge in [0.1, 0.15) is 0 Å². The van der Waals surface area contributed by atoms with Crippen molar-refractivity contribution in [3.8, 4) is 0 Å². The molecule has 0 saturated carbocycles. The quantitative estimate of drug-likeness (QED) is 0.613. The third-order valence-corrected chi connectivity index (χ3v) is 4.81. The summed E-state index contributed by atoms with van der Waals surface area (Å²) >= 11 is 0. The van der Waals surface area contributed by atoms with Crippen LogP contribution in [0.3, 0.4) is 0 Å². The lowest BCUT2D eigenvalue weighted by atomic mass is 9.92. The Labute approximate surface area is 164 Å². The van der Waals surface area contributed by atoms with Crippen molar-refractivity contribution in [2.75, 3.05) is 6.54 Å². The number of allylic oxidation sites excluding steroid dienone is 1. The molecular formula is C22H26N4O2. The van der Waals surface area contributed by atoms with Gasteiger partial charge < -0.3 is 15.6 Å². The van der Waals surface area contributed by atoms with Gasteiger partial charge in [-0.2, -0.15) is 0 Å². The van der Waals surface area contributed by atoms with Crippen LogP contribution in [0.4, 0.5) is 4.79 Å². The normalized spacial score (nSPS) is 11.4. The van der Waals surface area contributed by atoms with Crippen molar-refractivity contribution in [3.63, 3.8) is 0 Å². The van der Waals surface area contributed by atoms with Gasteiger partial charge in [0.2, 0.25) is 0 Å². The van der Waals surface area contributed by atoms with Gasteiger partial charge in [-0.25, -0.2) is 9.59 Å². The Bertz CT molecular complexity index is 1080. The number of imidazole rings is 1. The van der Waals surface area contributed by atoms with Gasteiger partial charge in [-0.1, -0.05) is 42.5 Å². The molecule has 0 radical (unpaired) electrons. The third-order valence-electron chi connectivity index (χ3n) is 4.81. The predicted molar refractivity (Wildman–Crippen MR) is 113 cm³/mol. The Balaban J connectivity index is 1.62. The van der Waals surface area contributed by atoms with Crippen molar-refractivity contribution < 1.29 is 4.79 Å². The molecule has 3 rings (SSSR count). The zero-order valence-corrected chi connectivity index (χ0v) is 16.5.